The van der Waals surface area contributed by atoms with Gasteiger partial charge in [-0.1, -0.05) is 36.9 Å². The molecule has 2 fully saturated rings. The lowest BCUT2D eigenvalue weighted by molar-refractivity contribution is 0.296. The van der Waals surface area contributed by atoms with Gasteiger partial charge in [-0.05, 0) is 49.3 Å². The summed E-state index contributed by atoms with van der Waals surface area (Å²) in [5.74, 6) is 0.887. The molecule has 110 valence electrons. The molecule has 1 unspecified atom stereocenters. The fraction of sp³-hybridized carbons (Fsp3) is 0.647. The Morgan fingerprint density at radius 1 is 1.15 bits per heavy atom. The van der Waals surface area contributed by atoms with E-state index in [4.69, 9.17) is 11.6 Å². The van der Waals surface area contributed by atoms with Gasteiger partial charge in [0.1, 0.15) is 5.82 Å². The van der Waals surface area contributed by atoms with Crippen LogP contribution in [0.3, 0.4) is 0 Å². The molecule has 2 aliphatic rings. The van der Waals surface area contributed by atoms with E-state index in [2.05, 4.69) is 5.32 Å². The molecule has 0 heterocycles. The van der Waals surface area contributed by atoms with Crippen molar-refractivity contribution in [2.45, 2.75) is 56.9 Å². The molecule has 2 saturated carbocycles. The molecule has 0 aromatic heterocycles. The summed E-state index contributed by atoms with van der Waals surface area (Å²) in [5.41, 5.74) is 1.13. The highest BCUT2D eigenvalue weighted by Crippen LogP contribution is 2.39. The first-order valence-electron chi connectivity index (χ1n) is 7.92. The molecule has 0 spiro atoms. The molecule has 0 saturated heterocycles. The molecule has 1 aromatic rings. The van der Waals surface area contributed by atoms with Crippen LogP contribution in [-0.2, 0) is 0 Å². The zero-order valence-electron chi connectivity index (χ0n) is 11.9. The number of hydrogen-bond donors (Lipinski definition) is 1. The minimum Gasteiger partial charge on any atom is -0.313 e. The lowest BCUT2D eigenvalue weighted by Crippen LogP contribution is -2.29. The van der Waals surface area contributed by atoms with Crippen molar-refractivity contribution in [3.05, 3.63) is 34.6 Å². The second-order valence-electron chi connectivity index (χ2n) is 6.35. The van der Waals surface area contributed by atoms with Gasteiger partial charge in [0.15, 0.2) is 0 Å². The Bertz CT molecular complexity index is 452. The lowest BCUT2D eigenvalue weighted by Gasteiger charge is -2.31. The lowest BCUT2D eigenvalue weighted by atomic mass is 9.76. The molecule has 3 rings (SSSR count). The average molecular weight is 296 g/mol. The summed E-state index contributed by atoms with van der Waals surface area (Å²) in [7, 11) is 0. The van der Waals surface area contributed by atoms with E-state index in [-0.39, 0.29) is 5.82 Å². The van der Waals surface area contributed by atoms with Gasteiger partial charge in [0.05, 0.1) is 0 Å². The number of halogens is 2. The number of hydrogen-bond acceptors (Lipinski definition) is 1. The number of benzene rings is 1. The van der Waals surface area contributed by atoms with Crippen LogP contribution in [-0.4, -0.2) is 12.6 Å². The van der Waals surface area contributed by atoms with E-state index in [9.17, 15) is 4.39 Å². The fourth-order valence-electron chi connectivity index (χ4n) is 3.45. The quantitative estimate of drug-likeness (QED) is 0.815. The Morgan fingerprint density at radius 3 is 2.55 bits per heavy atom. The first-order valence-corrected chi connectivity index (χ1v) is 8.30. The third kappa shape index (κ3) is 3.53. The van der Waals surface area contributed by atoms with Gasteiger partial charge < -0.3 is 5.32 Å². The molecule has 0 amide bonds. The van der Waals surface area contributed by atoms with E-state index in [0.717, 1.165) is 12.1 Å². The Kier molecular flexibility index (Phi) is 4.62. The van der Waals surface area contributed by atoms with Gasteiger partial charge in [0.2, 0.25) is 0 Å². The second-order valence-corrected chi connectivity index (χ2v) is 6.76. The maximum atomic E-state index is 13.3. The molecule has 0 bridgehead atoms. The minimum atomic E-state index is -0.240. The Balaban J connectivity index is 1.78. The van der Waals surface area contributed by atoms with E-state index in [1.165, 1.54) is 51.0 Å². The van der Waals surface area contributed by atoms with Gasteiger partial charge in [-0.15, -0.1) is 0 Å². The maximum absolute atomic E-state index is 13.3. The summed E-state index contributed by atoms with van der Waals surface area (Å²) in [5, 5.41) is 4.24. The molecule has 3 heteroatoms. The smallest absolute Gasteiger partial charge is 0.124 e. The van der Waals surface area contributed by atoms with Crippen LogP contribution in [0.2, 0.25) is 5.02 Å². The van der Waals surface area contributed by atoms with Crippen LogP contribution in [0.4, 0.5) is 4.39 Å². The van der Waals surface area contributed by atoms with Crippen LogP contribution in [0, 0.1) is 11.7 Å². The summed E-state index contributed by atoms with van der Waals surface area (Å²) in [6, 6.07) is 5.61. The van der Waals surface area contributed by atoms with Gasteiger partial charge in [0.25, 0.3) is 0 Å². The first kappa shape index (κ1) is 14.3. The topological polar surface area (TPSA) is 12.0 Å². The van der Waals surface area contributed by atoms with Gasteiger partial charge in [0, 0.05) is 23.5 Å². The van der Waals surface area contributed by atoms with Crippen molar-refractivity contribution in [2.75, 3.05) is 6.54 Å². The van der Waals surface area contributed by atoms with Gasteiger partial charge in [-0.2, -0.15) is 0 Å². The highest BCUT2D eigenvalue weighted by Gasteiger charge is 2.29. The average Bonchev–Trinajstić information content (AvgIpc) is 3.26. The van der Waals surface area contributed by atoms with E-state index in [0.29, 0.717) is 22.9 Å². The second kappa shape index (κ2) is 6.44. The molecule has 2 aliphatic carbocycles. The molecule has 1 N–H and O–H groups in total. The summed E-state index contributed by atoms with van der Waals surface area (Å²) in [6.07, 6.45) is 9.17. The molecular weight excluding hydrogens is 273 g/mol. The Morgan fingerprint density at radius 2 is 1.90 bits per heavy atom. The zero-order chi connectivity index (χ0) is 13.9. The largest absolute Gasteiger partial charge is 0.313 e. The molecule has 20 heavy (non-hydrogen) atoms. The molecule has 1 aromatic carbocycles. The molecular formula is C17H23ClFN. The summed E-state index contributed by atoms with van der Waals surface area (Å²) in [6.45, 7) is 0.987. The van der Waals surface area contributed by atoms with Gasteiger partial charge in [-0.3, -0.25) is 0 Å². The van der Waals surface area contributed by atoms with Crippen molar-refractivity contribution < 1.29 is 4.39 Å². The molecule has 0 aliphatic heterocycles. The maximum Gasteiger partial charge on any atom is 0.124 e. The number of rotatable bonds is 5. The van der Waals surface area contributed by atoms with Crippen LogP contribution in [0.5, 0.6) is 0 Å². The SMILES string of the molecule is Fc1ccc(C(CNC2CC2)C2CCCCC2)c(Cl)c1. The van der Waals surface area contributed by atoms with Crippen molar-refractivity contribution in [1.29, 1.82) is 0 Å². The predicted octanol–water partition coefficient (Wildman–Crippen LogP) is 4.90. The predicted molar refractivity (Wildman–Crippen MR) is 81.8 cm³/mol. The van der Waals surface area contributed by atoms with E-state index in [1.807, 2.05) is 6.07 Å². The third-order valence-electron chi connectivity index (χ3n) is 4.78. The van der Waals surface area contributed by atoms with E-state index in [1.54, 1.807) is 6.07 Å². The molecule has 1 atom stereocenters. The molecule has 0 radical (unpaired) electrons. The Labute approximate surface area is 125 Å². The fourth-order valence-corrected chi connectivity index (χ4v) is 3.76. The van der Waals surface area contributed by atoms with Gasteiger partial charge >= 0.3 is 0 Å². The van der Waals surface area contributed by atoms with Crippen molar-refractivity contribution in [2.24, 2.45) is 5.92 Å². The van der Waals surface area contributed by atoms with Crippen molar-refractivity contribution in [1.82, 2.24) is 5.32 Å². The monoisotopic (exact) mass is 295 g/mol. The standard InChI is InChI=1S/C17H23ClFN/c18-17-10-13(19)6-9-15(17)16(11-20-14-7-8-14)12-4-2-1-3-5-12/h6,9-10,12,14,16,20H,1-5,7-8,11H2. The summed E-state index contributed by atoms with van der Waals surface area (Å²) >= 11 is 6.31. The first-order chi connectivity index (χ1) is 9.74. The summed E-state index contributed by atoms with van der Waals surface area (Å²) < 4.78 is 13.3. The highest BCUT2D eigenvalue weighted by molar-refractivity contribution is 6.31. The van der Waals surface area contributed by atoms with Crippen LogP contribution in [0.25, 0.3) is 0 Å². The van der Waals surface area contributed by atoms with Crippen molar-refractivity contribution >= 4 is 11.6 Å². The van der Waals surface area contributed by atoms with Gasteiger partial charge in [-0.25, -0.2) is 4.39 Å². The highest BCUT2D eigenvalue weighted by atomic mass is 35.5. The van der Waals surface area contributed by atoms with Crippen molar-refractivity contribution in [3.8, 4) is 0 Å². The van der Waals surface area contributed by atoms with Crippen LogP contribution >= 0.6 is 11.6 Å². The van der Waals surface area contributed by atoms with E-state index < -0.39 is 0 Å². The minimum absolute atomic E-state index is 0.240. The zero-order valence-corrected chi connectivity index (χ0v) is 12.6. The number of nitrogens with one attached hydrogen (secondary N) is 1. The van der Waals surface area contributed by atoms with Crippen molar-refractivity contribution in [3.63, 3.8) is 0 Å². The van der Waals surface area contributed by atoms with Crippen LogP contribution in [0.15, 0.2) is 18.2 Å². The van der Waals surface area contributed by atoms with E-state index >= 15 is 0 Å². The van der Waals surface area contributed by atoms with Crippen LogP contribution in [0.1, 0.15) is 56.4 Å². The third-order valence-corrected chi connectivity index (χ3v) is 5.11. The summed E-state index contributed by atoms with van der Waals surface area (Å²) in [4.78, 5) is 0. The van der Waals surface area contributed by atoms with Crippen LogP contribution < -0.4 is 5.32 Å². The molecule has 1 nitrogen and oxygen atoms in total. The Hall–Kier alpha value is -0.600. The normalized spacial score (nSPS) is 21.9.